The predicted molar refractivity (Wildman–Crippen MR) is 79.8 cm³/mol. The summed E-state index contributed by atoms with van der Waals surface area (Å²) in [4.78, 5) is 20.4. The van der Waals surface area contributed by atoms with E-state index >= 15 is 0 Å². The summed E-state index contributed by atoms with van der Waals surface area (Å²) in [7, 11) is 1.87. The Hall–Kier alpha value is -2.76. The van der Waals surface area contributed by atoms with E-state index in [0.717, 1.165) is 22.8 Å². The van der Waals surface area contributed by atoms with Crippen molar-refractivity contribution in [3.8, 4) is 11.4 Å². The average molecular weight is 279 g/mol. The highest BCUT2D eigenvalue weighted by Gasteiger charge is 2.28. The second kappa shape index (κ2) is 4.12. The van der Waals surface area contributed by atoms with Gasteiger partial charge in [-0.25, -0.2) is 4.99 Å². The number of rotatable bonds is 1. The van der Waals surface area contributed by atoms with Crippen LogP contribution in [0.5, 0.6) is 0 Å². The van der Waals surface area contributed by atoms with Crippen LogP contribution in [-0.2, 0) is 7.05 Å². The molecule has 0 aromatic carbocycles. The van der Waals surface area contributed by atoms with Crippen LogP contribution < -0.4 is 5.56 Å². The van der Waals surface area contributed by atoms with E-state index in [9.17, 15) is 4.79 Å². The van der Waals surface area contributed by atoms with E-state index in [-0.39, 0.29) is 11.6 Å². The van der Waals surface area contributed by atoms with Crippen molar-refractivity contribution in [3.63, 3.8) is 0 Å². The van der Waals surface area contributed by atoms with E-state index in [0.29, 0.717) is 5.95 Å². The van der Waals surface area contributed by atoms with Crippen LogP contribution in [-0.4, -0.2) is 25.0 Å². The molecule has 0 bridgehead atoms. The largest absolute Gasteiger partial charge is 0.295 e. The second-order valence-electron chi connectivity index (χ2n) is 5.17. The molecule has 104 valence electrons. The standard InChI is InChI=1S/C15H13N5O/c1-9-7-12(19(2)18-9)13-8-14(21)17-15-16-10-5-3-4-6-11(10)20(13)15/h3-8,11H,1-2H3. The van der Waals surface area contributed by atoms with Crippen LogP contribution in [0.1, 0.15) is 11.7 Å². The first-order valence-electron chi connectivity index (χ1n) is 6.71. The van der Waals surface area contributed by atoms with Crippen molar-refractivity contribution in [2.24, 2.45) is 12.0 Å². The number of aryl methyl sites for hydroxylation is 2. The summed E-state index contributed by atoms with van der Waals surface area (Å²) in [6.45, 7) is 1.93. The van der Waals surface area contributed by atoms with Crippen molar-refractivity contribution < 1.29 is 0 Å². The van der Waals surface area contributed by atoms with Gasteiger partial charge in [-0.15, -0.1) is 0 Å². The average Bonchev–Trinajstić information content (AvgIpc) is 2.97. The number of allylic oxidation sites excluding steroid dienone is 4. The predicted octanol–water partition coefficient (Wildman–Crippen LogP) is 1.71. The molecule has 21 heavy (non-hydrogen) atoms. The van der Waals surface area contributed by atoms with Crippen molar-refractivity contribution >= 4 is 11.7 Å². The molecule has 1 unspecified atom stereocenters. The summed E-state index contributed by atoms with van der Waals surface area (Å²) in [5.74, 6) is 0.451. The molecule has 0 saturated heterocycles. The lowest BCUT2D eigenvalue weighted by Gasteiger charge is -2.17. The maximum absolute atomic E-state index is 11.9. The molecule has 2 aliphatic rings. The molecule has 2 aromatic heterocycles. The van der Waals surface area contributed by atoms with Gasteiger partial charge in [-0.05, 0) is 19.1 Å². The highest BCUT2D eigenvalue weighted by molar-refractivity contribution is 6.04. The number of hydrogen-bond donors (Lipinski definition) is 0. The lowest BCUT2D eigenvalue weighted by molar-refractivity contribution is 0.730. The third-order valence-electron chi connectivity index (χ3n) is 3.69. The van der Waals surface area contributed by atoms with Crippen molar-refractivity contribution in [2.45, 2.75) is 13.0 Å². The normalized spacial score (nSPS) is 18.6. The molecule has 6 heteroatoms. The first-order valence-corrected chi connectivity index (χ1v) is 6.71. The van der Waals surface area contributed by atoms with Crippen molar-refractivity contribution in [2.75, 3.05) is 0 Å². The Kier molecular flexibility index (Phi) is 2.35. The van der Waals surface area contributed by atoms with Gasteiger partial charge < -0.3 is 0 Å². The van der Waals surface area contributed by atoms with E-state index in [2.05, 4.69) is 15.1 Å². The molecule has 0 fully saturated rings. The van der Waals surface area contributed by atoms with Crippen LogP contribution in [0.3, 0.4) is 0 Å². The fraction of sp³-hybridized carbons (Fsp3) is 0.200. The van der Waals surface area contributed by atoms with Crippen LogP contribution in [0, 0.1) is 6.92 Å². The minimum absolute atomic E-state index is 0.0108. The van der Waals surface area contributed by atoms with E-state index < -0.39 is 0 Å². The highest BCUT2D eigenvalue weighted by Crippen LogP contribution is 2.34. The maximum Gasteiger partial charge on any atom is 0.275 e. The van der Waals surface area contributed by atoms with Gasteiger partial charge in [0, 0.05) is 13.1 Å². The summed E-state index contributed by atoms with van der Waals surface area (Å²) in [5, 5.41) is 4.36. The Balaban J connectivity index is 2.01. The Morgan fingerprint density at radius 3 is 2.81 bits per heavy atom. The monoisotopic (exact) mass is 279 g/mol. The van der Waals surface area contributed by atoms with Crippen molar-refractivity contribution in [1.29, 1.82) is 0 Å². The van der Waals surface area contributed by atoms with Gasteiger partial charge in [0.25, 0.3) is 5.56 Å². The van der Waals surface area contributed by atoms with Gasteiger partial charge >= 0.3 is 0 Å². The van der Waals surface area contributed by atoms with Crippen LogP contribution in [0.15, 0.2) is 46.2 Å². The van der Waals surface area contributed by atoms with Crippen LogP contribution >= 0.6 is 0 Å². The first-order chi connectivity index (χ1) is 10.1. The van der Waals surface area contributed by atoms with Crippen LogP contribution in [0.2, 0.25) is 0 Å². The molecule has 2 aromatic rings. The minimum atomic E-state index is -0.286. The number of aliphatic imine (C=N–C) groups is 1. The van der Waals surface area contributed by atoms with Crippen molar-refractivity contribution in [3.05, 3.63) is 52.5 Å². The maximum atomic E-state index is 11.9. The fourth-order valence-corrected chi connectivity index (χ4v) is 2.84. The van der Waals surface area contributed by atoms with Gasteiger partial charge in [-0.2, -0.15) is 10.1 Å². The van der Waals surface area contributed by atoms with Crippen molar-refractivity contribution in [1.82, 2.24) is 19.3 Å². The lowest BCUT2D eigenvalue weighted by Crippen LogP contribution is -2.18. The Labute approximate surface area is 120 Å². The van der Waals surface area contributed by atoms with E-state index in [1.165, 1.54) is 0 Å². The molecule has 4 rings (SSSR count). The summed E-state index contributed by atoms with van der Waals surface area (Å²) in [6.07, 6.45) is 7.92. The molecule has 1 aliphatic heterocycles. The molecule has 1 atom stereocenters. The topological polar surface area (TPSA) is 65.1 Å². The van der Waals surface area contributed by atoms with Gasteiger partial charge in [-0.1, -0.05) is 18.2 Å². The third-order valence-corrected chi connectivity index (χ3v) is 3.69. The number of hydrogen-bond acceptors (Lipinski definition) is 4. The molecular weight excluding hydrogens is 266 g/mol. The Bertz CT molecular complexity index is 897. The fourth-order valence-electron chi connectivity index (χ4n) is 2.84. The number of nitrogens with zero attached hydrogens (tertiary/aromatic N) is 5. The zero-order valence-electron chi connectivity index (χ0n) is 11.7. The summed E-state index contributed by atoms with van der Waals surface area (Å²) in [6, 6.07) is 3.50. The van der Waals surface area contributed by atoms with Crippen LogP contribution in [0.4, 0.5) is 5.95 Å². The number of fused-ring (bicyclic) bond motifs is 3. The van der Waals surface area contributed by atoms with Gasteiger partial charge in [0.05, 0.1) is 28.8 Å². The van der Waals surface area contributed by atoms with Gasteiger partial charge in [0.1, 0.15) is 0 Å². The Morgan fingerprint density at radius 2 is 2.05 bits per heavy atom. The third kappa shape index (κ3) is 1.72. The first kappa shape index (κ1) is 12.0. The zero-order valence-corrected chi connectivity index (χ0v) is 11.7. The molecule has 1 aliphatic carbocycles. The molecule has 6 nitrogen and oxygen atoms in total. The van der Waals surface area contributed by atoms with E-state index in [1.807, 2.05) is 48.9 Å². The molecule has 0 saturated carbocycles. The summed E-state index contributed by atoms with van der Waals surface area (Å²) in [5.41, 5.74) is 3.19. The molecule has 0 N–H and O–H groups in total. The zero-order chi connectivity index (χ0) is 14.6. The highest BCUT2D eigenvalue weighted by atomic mass is 16.1. The van der Waals surface area contributed by atoms with Crippen LogP contribution in [0.25, 0.3) is 11.4 Å². The quantitative estimate of drug-likeness (QED) is 0.798. The van der Waals surface area contributed by atoms with Gasteiger partial charge in [0.2, 0.25) is 5.95 Å². The Morgan fingerprint density at radius 1 is 1.19 bits per heavy atom. The van der Waals surface area contributed by atoms with Gasteiger partial charge in [-0.3, -0.25) is 14.0 Å². The SMILES string of the molecule is Cc1cc(-c2cc(=O)nc3n2C2C=CC=CC2=N3)n(C)n1. The summed E-state index contributed by atoms with van der Waals surface area (Å²) < 4.78 is 3.75. The summed E-state index contributed by atoms with van der Waals surface area (Å²) >= 11 is 0. The smallest absolute Gasteiger partial charge is 0.275 e. The molecule has 0 spiro atoms. The van der Waals surface area contributed by atoms with Gasteiger partial charge in [0.15, 0.2) is 0 Å². The lowest BCUT2D eigenvalue weighted by atomic mass is 10.1. The van der Waals surface area contributed by atoms with E-state index in [1.54, 1.807) is 10.7 Å². The minimum Gasteiger partial charge on any atom is -0.295 e. The van der Waals surface area contributed by atoms with E-state index in [4.69, 9.17) is 0 Å². The molecular formula is C15H13N5O. The molecule has 0 amide bonds. The number of aromatic nitrogens is 4. The second-order valence-corrected chi connectivity index (χ2v) is 5.17. The molecule has 3 heterocycles. The molecule has 0 radical (unpaired) electrons.